The summed E-state index contributed by atoms with van der Waals surface area (Å²) in [5, 5.41) is 10.8. The minimum absolute atomic E-state index is 0.231. The van der Waals surface area contributed by atoms with Crippen molar-refractivity contribution in [1.82, 2.24) is 0 Å². The number of hydrogen-bond acceptors (Lipinski definition) is 4. The van der Waals surface area contributed by atoms with Gasteiger partial charge >= 0.3 is 7.60 Å². The van der Waals surface area contributed by atoms with E-state index in [0.717, 1.165) is 18.2 Å². The fourth-order valence-electron chi connectivity index (χ4n) is 1.33. The van der Waals surface area contributed by atoms with Crippen molar-refractivity contribution in [2.45, 2.75) is 65.0 Å². The molecule has 17 heavy (non-hydrogen) atoms. The molecule has 104 valence electrons. The molecule has 0 unspecified atom stereocenters. The van der Waals surface area contributed by atoms with Crippen LogP contribution in [0.2, 0.25) is 0 Å². The van der Waals surface area contributed by atoms with Crippen LogP contribution in [0.3, 0.4) is 0 Å². The molecule has 0 radical (unpaired) electrons. The van der Waals surface area contributed by atoms with Gasteiger partial charge in [0.1, 0.15) is 0 Å². The van der Waals surface area contributed by atoms with Gasteiger partial charge in [-0.2, -0.15) is 0 Å². The van der Waals surface area contributed by atoms with Crippen LogP contribution in [-0.2, 0) is 13.6 Å². The Labute approximate surface area is 113 Å². The van der Waals surface area contributed by atoms with E-state index in [4.69, 9.17) is 9.05 Å². The number of hydrogen-bond donors (Lipinski definition) is 1. The highest BCUT2D eigenvalue weighted by Gasteiger charge is 2.36. The number of aliphatic hydroxyl groups excluding tert-OH is 1. The van der Waals surface area contributed by atoms with E-state index in [2.05, 4.69) is 15.9 Å². The van der Waals surface area contributed by atoms with Gasteiger partial charge in [-0.25, -0.2) is 0 Å². The van der Waals surface area contributed by atoms with E-state index in [9.17, 15) is 9.67 Å². The van der Waals surface area contributed by atoms with Crippen molar-refractivity contribution in [3.63, 3.8) is 0 Å². The van der Waals surface area contributed by atoms with Crippen molar-refractivity contribution >= 4 is 23.5 Å². The zero-order valence-corrected chi connectivity index (χ0v) is 13.5. The van der Waals surface area contributed by atoms with Crippen LogP contribution >= 0.6 is 23.5 Å². The summed E-state index contributed by atoms with van der Waals surface area (Å²) < 4.78 is 23.0. The molecule has 0 saturated carbocycles. The smallest absolute Gasteiger partial charge is 0.359 e. The van der Waals surface area contributed by atoms with E-state index in [-0.39, 0.29) is 12.2 Å². The topological polar surface area (TPSA) is 55.8 Å². The van der Waals surface area contributed by atoms with Crippen molar-refractivity contribution in [3.05, 3.63) is 0 Å². The third kappa shape index (κ3) is 7.58. The van der Waals surface area contributed by atoms with E-state index in [1.54, 1.807) is 27.7 Å². The minimum atomic E-state index is -3.42. The first kappa shape index (κ1) is 17.6. The zero-order chi connectivity index (χ0) is 13.5. The second-order valence-electron chi connectivity index (χ2n) is 4.51. The molecule has 1 atom stereocenters. The molecule has 0 fully saturated rings. The maximum Gasteiger partial charge on any atom is 0.359 e. The first-order valence-corrected chi connectivity index (χ1v) is 8.75. The van der Waals surface area contributed by atoms with Crippen molar-refractivity contribution in [2.24, 2.45) is 0 Å². The van der Waals surface area contributed by atoms with Gasteiger partial charge < -0.3 is 14.2 Å². The van der Waals surface area contributed by atoms with Gasteiger partial charge in [0, 0.05) is 5.33 Å². The molecule has 0 aliphatic heterocycles. The van der Waals surface area contributed by atoms with Crippen molar-refractivity contribution in [2.75, 3.05) is 5.33 Å². The van der Waals surface area contributed by atoms with E-state index in [1.807, 2.05) is 0 Å². The molecule has 0 rings (SSSR count). The quantitative estimate of drug-likeness (QED) is 0.395. The third-order valence-corrected chi connectivity index (χ3v) is 4.91. The molecule has 6 heteroatoms. The first-order chi connectivity index (χ1) is 7.81. The maximum atomic E-state index is 12.4. The predicted molar refractivity (Wildman–Crippen MR) is 73.7 cm³/mol. The molecule has 0 aliphatic carbocycles. The minimum Gasteiger partial charge on any atom is -0.380 e. The largest absolute Gasteiger partial charge is 0.380 e. The molecule has 0 amide bonds. The Morgan fingerprint density at radius 1 is 1.12 bits per heavy atom. The highest BCUT2D eigenvalue weighted by molar-refractivity contribution is 9.09. The van der Waals surface area contributed by atoms with Gasteiger partial charge in [-0.15, -0.1) is 0 Å². The number of unbranched alkanes of at least 4 members (excludes halogenated alkanes) is 1. The van der Waals surface area contributed by atoms with Gasteiger partial charge in [0.2, 0.25) is 0 Å². The molecule has 0 heterocycles. The second-order valence-corrected chi connectivity index (χ2v) is 7.40. The molecule has 0 aromatic heterocycles. The van der Waals surface area contributed by atoms with Crippen LogP contribution in [0, 0.1) is 0 Å². The van der Waals surface area contributed by atoms with Crippen molar-refractivity contribution in [1.29, 1.82) is 0 Å². The summed E-state index contributed by atoms with van der Waals surface area (Å²) in [6, 6.07) is 0. The standard InChI is InChI=1S/C11H24BrO4P/c1-9(2)15-17(14,16-10(3)4)11(13)7-5-6-8-12/h9-11,13H,5-8H2,1-4H3/t11-/m1/s1. The third-order valence-electron chi connectivity index (χ3n) is 1.93. The summed E-state index contributed by atoms with van der Waals surface area (Å²) in [6.45, 7) is 7.12. The molecule has 0 aliphatic rings. The fraction of sp³-hybridized carbons (Fsp3) is 1.00. The number of halogens is 1. The zero-order valence-electron chi connectivity index (χ0n) is 11.1. The highest BCUT2D eigenvalue weighted by Crippen LogP contribution is 2.55. The molecule has 0 bridgehead atoms. The molecule has 4 nitrogen and oxygen atoms in total. The van der Waals surface area contributed by atoms with Gasteiger partial charge in [0.15, 0.2) is 5.85 Å². The van der Waals surface area contributed by atoms with E-state index < -0.39 is 13.4 Å². The molecule has 0 saturated heterocycles. The summed E-state index contributed by atoms with van der Waals surface area (Å²) in [7, 11) is -3.42. The average molecular weight is 331 g/mol. The predicted octanol–water partition coefficient (Wildman–Crippen LogP) is 3.91. The Balaban J connectivity index is 4.49. The first-order valence-electron chi connectivity index (χ1n) is 6.02. The van der Waals surface area contributed by atoms with E-state index >= 15 is 0 Å². The Morgan fingerprint density at radius 2 is 1.59 bits per heavy atom. The van der Waals surface area contributed by atoms with Gasteiger partial charge in [0.05, 0.1) is 12.2 Å². The van der Waals surface area contributed by atoms with Crippen LogP contribution in [0.25, 0.3) is 0 Å². The van der Waals surface area contributed by atoms with Crippen LogP contribution in [0.5, 0.6) is 0 Å². The summed E-state index contributed by atoms with van der Waals surface area (Å²) in [6.07, 6.45) is 1.69. The molecular formula is C11H24BrO4P. The van der Waals surface area contributed by atoms with Crippen LogP contribution in [0.15, 0.2) is 0 Å². The highest BCUT2D eigenvalue weighted by atomic mass is 79.9. The normalized spacial score (nSPS) is 14.6. The summed E-state index contributed by atoms with van der Waals surface area (Å²) in [5.41, 5.74) is 0. The van der Waals surface area contributed by atoms with Crippen LogP contribution in [0.4, 0.5) is 0 Å². The lowest BCUT2D eigenvalue weighted by Gasteiger charge is -2.26. The van der Waals surface area contributed by atoms with Crippen molar-refractivity contribution in [3.8, 4) is 0 Å². The van der Waals surface area contributed by atoms with E-state index in [1.165, 1.54) is 0 Å². The summed E-state index contributed by atoms with van der Waals surface area (Å²) in [4.78, 5) is 0. The van der Waals surface area contributed by atoms with Crippen LogP contribution < -0.4 is 0 Å². The second kappa shape index (κ2) is 8.65. The summed E-state index contributed by atoms with van der Waals surface area (Å²) >= 11 is 3.32. The number of alkyl halides is 1. The number of aliphatic hydroxyl groups is 1. The summed E-state index contributed by atoms with van der Waals surface area (Å²) in [5.74, 6) is -1.04. The Kier molecular flexibility index (Phi) is 8.95. The number of rotatable bonds is 9. The van der Waals surface area contributed by atoms with Crippen molar-refractivity contribution < 1.29 is 18.7 Å². The molecule has 0 aromatic carbocycles. The lowest BCUT2D eigenvalue weighted by Crippen LogP contribution is -2.18. The Hall–Kier alpha value is 0.590. The van der Waals surface area contributed by atoms with Gasteiger partial charge in [-0.05, 0) is 47.0 Å². The monoisotopic (exact) mass is 330 g/mol. The molecule has 0 aromatic rings. The Morgan fingerprint density at radius 3 is 1.94 bits per heavy atom. The maximum absolute atomic E-state index is 12.4. The van der Waals surface area contributed by atoms with Gasteiger partial charge in [-0.1, -0.05) is 15.9 Å². The fourth-order valence-corrected chi connectivity index (χ4v) is 3.73. The van der Waals surface area contributed by atoms with Crippen LogP contribution in [-0.4, -0.2) is 28.5 Å². The lowest BCUT2D eigenvalue weighted by atomic mass is 10.3. The lowest BCUT2D eigenvalue weighted by molar-refractivity contribution is 0.0974. The van der Waals surface area contributed by atoms with Gasteiger partial charge in [0.25, 0.3) is 0 Å². The molecule has 1 N–H and O–H groups in total. The van der Waals surface area contributed by atoms with Gasteiger partial charge in [-0.3, -0.25) is 4.57 Å². The SMILES string of the molecule is CC(C)OP(=O)(OC(C)C)[C@@H](O)CCCCBr. The Bertz CT molecular complexity index is 232. The average Bonchev–Trinajstić information content (AvgIpc) is 2.15. The van der Waals surface area contributed by atoms with Crippen LogP contribution in [0.1, 0.15) is 47.0 Å². The van der Waals surface area contributed by atoms with E-state index in [0.29, 0.717) is 6.42 Å². The molecular weight excluding hydrogens is 307 g/mol. The molecule has 0 spiro atoms.